The minimum Gasteiger partial charge on any atom is -0.323 e. The van der Waals surface area contributed by atoms with E-state index in [1.165, 1.54) is 5.56 Å². The third-order valence-corrected chi connectivity index (χ3v) is 4.78. The van der Waals surface area contributed by atoms with Gasteiger partial charge in [0.05, 0.1) is 0 Å². The van der Waals surface area contributed by atoms with Gasteiger partial charge >= 0.3 is 6.03 Å². The van der Waals surface area contributed by atoms with E-state index in [-0.39, 0.29) is 17.5 Å². The van der Waals surface area contributed by atoms with Crippen LogP contribution in [0, 0.1) is 0 Å². The van der Waals surface area contributed by atoms with Gasteiger partial charge in [-0.05, 0) is 38.3 Å². The largest absolute Gasteiger partial charge is 0.323 e. The van der Waals surface area contributed by atoms with Gasteiger partial charge in [-0.15, -0.1) is 0 Å². The van der Waals surface area contributed by atoms with Crippen molar-refractivity contribution in [3.8, 4) is 0 Å². The molecule has 5 nitrogen and oxygen atoms in total. The number of amides is 3. The molecule has 1 heterocycles. The van der Waals surface area contributed by atoms with Crippen LogP contribution in [0.4, 0.5) is 4.79 Å². The van der Waals surface area contributed by atoms with Gasteiger partial charge in [-0.2, -0.15) is 0 Å². The molecule has 2 fully saturated rings. The highest BCUT2D eigenvalue weighted by Gasteiger charge is 2.51. The van der Waals surface area contributed by atoms with E-state index < -0.39 is 5.54 Å². The minimum absolute atomic E-state index is 0.111. The van der Waals surface area contributed by atoms with E-state index in [0.29, 0.717) is 12.8 Å². The SMILES string of the molecule is CNC1(c2ccccc2)CCC2(CC1)NC(=O)NC2=O. The molecule has 3 rings (SSSR count). The summed E-state index contributed by atoms with van der Waals surface area (Å²) >= 11 is 0. The monoisotopic (exact) mass is 273 g/mol. The first-order valence-electron chi connectivity index (χ1n) is 6.98. The average molecular weight is 273 g/mol. The van der Waals surface area contributed by atoms with E-state index >= 15 is 0 Å². The zero-order chi connectivity index (χ0) is 14.2. The van der Waals surface area contributed by atoms with Gasteiger partial charge in [0.2, 0.25) is 0 Å². The van der Waals surface area contributed by atoms with Gasteiger partial charge < -0.3 is 10.6 Å². The molecule has 106 valence electrons. The first kappa shape index (κ1) is 13.1. The predicted molar refractivity (Wildman–Crippen MR) is 75.1 cm³/mol. The Balaban J connectivity index is 1.83. The molecule has 0 bridgehead atoms. The van der Waals surface area contributed by atoms with Gasteiger partial charge in [0.15, 0.2) is 0 Å². The first-order valence-corrected chi connectivity index (χ1v) is 6.98. The van der Waals surface area contributed by atoms with Crippen molar-refractivity contribution in [2.24, 2.45) is 0 Å². The summed E-state index contributed by atoms with van der Waals surface area (Å²) in [7, 11) is 1.96. The topological polar surface area (TPSA) is 70.2 Å². The minimum atomic E-state index is -0.702. The Morgan fingerprint density at radius 1 is 1.05 bits per heavy atom. The molecule has 0 unspecified atom stereocenters. The van der Waals surface area contributed by atoms with E-state index in [1.807, 2.05) is 25.2 Å². The Labute approximate surface area is 118 Å². The molecule has 2 aliphatic rings. The van der Waals surface area contributed by atoms with Crippen LogP contribution in [0.1, 0.15) is 31.2 Å². The van der Waals surface area contributed by atoms with E-state index in [4.69, 9.17) is 0 Å². The number of carbonyl (C=O) groups is 2. The molecular formula is C15H19N3O2. The zero-order valence-corrected chi connectivity index (χ0v) is 11.5. The number of rotatable bonds is 2. The second-order valence-corrected chi connectivity index (χ2v) is 5.69. The third kappa shape index (κ3) is 1.89. The Kier molecular flexibility index (Phi) is 3.01. The third-order valence-electron chi connectivity index (χ3n) is 4.78. The van der Waals surface area contributed by atoms with Crippen LogP contribution in [0.25, 0.3) is 0 Å². The molecule has 1 saturated heterocycles. The quantitative estimate of drug-likeness (QED) is 0.710. The van der Waals surface area contributed by atoms with Crippen LogP contribution in [0.5, 0.6) is 0 Å². The summed E-state index contributed by atoms with van der Waals surface area (Å²) < 4.78 is 0. The predicted octanol–water partition coefficient (Wildman–Crippen LogP) is 1.25. The Morgan fingerprint density at radius 3 is 2.20 bits per heavy atom. The average Bonchev–Trinajstić information content (AvgIpc) is 2.75. The number of nitrogens with one attached hydrogen (secondary N) is 3. The number of hydrogen-bond donors (Lipinski definition) is 3. The summed E-state index contributed by atoms with van der Waals surface area (Å²) in [6, 6.07) is 9.92. The molecule has 1 aliphatic heterocycles. The Bertz CT molecular complexity index is 533. The molecule has 1 aliphatic carbocycles. The maximum atomic E-state index is 12.0. The lowest BCUT2D eigenvalue weighted by atomic mass is 9.69. The van der Waals surface area contributed by atoms with Gasteiger partial charge in [-0.3, -0.25) is 10.1 Å². The van der Waals surface area contributed by atoms with Crippen LogP contribution >= 0.6 is 0 Å². The smallest absolute Gasteiger partial charge is 0.322 e. The lowest BCUT2D eigenvalue weighted by Gasteiger charge is -2.43. The zero-order valence-electron chi connectivity index (χ0n) is 11.5. The normalized spacial score (nSPS) is 33.0. The Morgan fingerprint density at radius 2 is 1.70 bits per heavy atom. The lowest BCUT2D eigenvalue weighted by Crippen LogP contribution is -2.55. The van der Waals surface area contributed by atoms with Crippen molar-refractivity contribution in [2.45, 2.75) is 36.8 Å². The van der Waals surface area contributed by atoms with E-state index in [9.17, 15) is 9.59 Å². The van der Waals surface area contributed by atoms with Crippen LogP contribution in [0.15, 0.2) is 30.3 Å². The van der Waals surface area contributed by atoms with Crippen molar-refractivity contribution in [2.75, 3.05) is 7.05 Å². The summed E-state index contributed by atoms with van der Waals surface area (Å²) in [6.45, 7) is 0. The summed E-state index contributed by atoms with van der Waals surface area (Å²) in [5.41, 5.74) is 0.425. The van der Waals surface area contributed by atoms with Crippen molar-refractivity contribution in [3.63, 3.8) is 0 Å². The number of benzene rings is 1. The fraction of sp³-hybridized carbons (Fsp3) is 0.467. The van der Waals surface area contributed by atoms with Gasteiger partial charge in [0.1, 0.15) is 5.54 Å². The standard InChI is InChI=1S/C15H19N3O2/c1-16-14(11-5-3-2-4-6-11)7-9-15(10-8-14)12(19)17-13(20)18-15/h2-6,16H,7-10H2,1H3,(H2,17,18,19,20). The van der Waals surface area contributed by atoms with Gasteiger partial charge in [0.25, 0.3) is 5.91 Å². The molecule has 3 amide bonds. The van der Waals surface area contributed by atoms with Gasteiger partial charge in [0, 0.05) is 5.54 Å². The van der Waals surface area contributed by atoms with Crippen LogP contribution < -0.4 is 16.0 Å². The maximum absolute atomic E-state index is 12.0. The molecule has 3 N–H and O–H groups in total. The molecule has 1 aromatic carbocycles. The maximum Gasteiger partial charge on any atom is 0.322 e. The lowest BCUT2D eigenvalue weighted by molar-refractivity contribution is -0.125. The summed E-state index contributed by atoms with van der Waals surface area (Å²) in [5, 5.41) is 8.58. The van der Waals surface area contributed by atoms with Crippen molar-refractivity contribution < 1.29 is 9.59 Å². The number of imide groups is 1. The number of carbonyl (C=O) groups excluding carboxylic acids is 2. The van der Waals surface area contributed by atoms with Crippen molar-refractivity contribution in [3.05, 3.63) is 35.9 Å². The van der Waals surface area contributed by atoms with Crippen LogP contribution in [0.2, 0.25) is 0 Å². The molecule has 0 atom stereocenters. The fourth-order valence-corrected chi connectivity index (χ4v) is 3.42. The molecule has 1 saturated carbocycles. The van der Waals surface area contributed by atoms with Gasteiger partial charge in [-0.25, -0.2) is 4.79 Å². The highest BCUT2D eigenvalue weighted by atomic mass is 16.2. The van der Waals surface area contributed by atoms with Crippen molar-refractivity contribution in [1.82, 2.24) is 16.0 Å². The van der Waals surface area contributed by atoms with Crippen molar-refractivity contribution >= 4 is 11.9 Å². The van der Waals surface area contributed by atoms with Crippen LogP contribution in [-0.2, 0) is 10.3 Å². The molecule has 1 spiro atoms. The Hall–Kier alpha value is -1.88. The summed E-state index contributed by atoms with van der Waals surface area (Å²) in [6.07, 6.45) is 2.95. The molecule has 0 radical (unpaired) electrons. The van der Waals surface area contributed by atoms with Gasteiger partial charge in [-0.1, -0.05) is 30.3 Å². The fourth-order valence-electron chi connectivity index (χ4n) is 3.42. The molecule has 0 aromatic heterocycles. The number of urea groups is 1. The number of hydrogen-bond acceptors (Lipinski definition) is 3. The van der Waals surface area contributed by atoms with Crippen LogP contribution in [0.3, 0.4) is 0 Å². The molecule has 5 heteroatoms. The van der Waals surface area contributed by atoms with Crippen LogP contribution in [-0.4, -0.2) is 24.5 Å². The second kappa shape index (κ2) is 4.59. The van der Waals surface area contributed by atoms with E-state index in [0.717, 1.165) is 12.8 Å². The highest BCUT2D eigenvalue weighted by Crippen LogP contribution is 2.42. The van der Waals surface area contributed by atoms with Crippen molar-refractivity contribution in [1.29, 1.82) is 0 Å². The van der Waals surface area contributed by atoms with E-state index in [2.05, 4.69) is 28.1 Å². The van der Waals surface area contributed by atoms with E-state index in [1.54, 1.807) is 0 Å². The summed E-state index contributed by atoms with van der Waals surface area (Å²) in [5.74, 6) is -0.180. The second-order valence-electron chi connectivity index (χ2n) is 5.69. The highest BCUT2D eigenvalue weighted by molar-refractivity contribution is 6.07. The molecule has 20 heavy (non-hydrogen) atoms. The molecular weight excluding hydrogens is 254 g/mol. The summed E-state index contributed by atoms with van der Waals surface area (Å²) in [4.78, 5) is 23.4. The molecule has 1 aromatic rings. The first-order chi connectivity index (χ1) is 9.60.